The largest absolute Gasteiger partial charge is 0.480 e. The third kappa shape index (κ3) is 5.53. The van der Waals surface area contributed by atoms with E-state index in [9.17, 15) is 22.4 Å². The number of thioether (sulfide) groups is 1. The Morgan fingerprint density at radius 3 is 2.39 bits per heavy atom. The Bertz CT molecular complexity index is 582. The highest BCUT2D eigenvalue weighted by Gasteiger charge is 2.38. The minimum Gasteiger partial charge on any atom is -0.480 e. The number of aliphatic carboxylic acids is 1. The number of carboxylic acids is 1. The Balaban J connectivity index is 2.20. The van der Waals surface area contributed by atoms with E-state index in [-0.39, 0.29) is 11.3 Å². The minimum absolute atomic E-state index is 0.0212. The van der Waals surface area contributed by atoms with Gasteiger partial charge in [-0.15, -0.1) is 0 Å². The molecule has 1 unspecified atom stereocenters. The van der Waals surface area contributed by atoms with Crippen molar-refractivity contribution in [3.8, 4) is 0 Å². The Hall–Kier alpha value is -1.57. The third-order valence-electron chi connectivity index (χ3n) is 3.28. The van der Waals surface area contributed by atoms with Gasteiger partial charge in [-0.25, -0.2) is 9.18 Å². The molecule has 0 heterocycles. The molecule has 1 aliphatic rings. The maximum Gasteiger partial charge on any atom is 0.433 e. The number of aliphatic imine (C=N–C) groups is 1. The summed E-state index contributed by atoms with van der Waals surface area (Å²) in [5, 5.41) is 9.11. The molecule has 1 saturated carbocycles. The molecule has 1 atom stereocenters. The summed E-state index contributed by atoms with van der Waals surface area (Å²) in [5.74, 6) is -0.830. The number of carbonyl (C=O) groups is 1. The van der Waals surface area contributed by atoms with Gasteiger partial charge in [-0.1, -0.05) is 0 Å². The van der Waals surface area contributed by atoms with Crippen LogP contribution in [-0.2, 0) is 4.79 Å². The van der Waals surface area contributed by atoms with Crippen LogP contribution in [0.15, 0.2) is 29.3 Å². The first-order valence-corrected chi connectivity index (χ1v) is 8.14. The van der Waals surface area contributed by atoms with E-state index in [1.54, 1.807) is 0 Å². The summed E-state index contributed by atoms with van der Waals surface area (Å²) in [4.78, 5) is 14.6. The lowest BCUT2D eigenvalue weighted by Crippen LogP contribution is -2.30. The van der Waals surface area contributed by atoms with E-state index in [1.807, 2.05) is 0 Å². The lowest BCUT2D eigenvalue weighted by molar-refractivity contribution is -0.137. The van der Waals surface area contributed by atoms with Gasteiger partial charge in [-0.3, -0.25) is 4.99 Å². The van der Waals surface area contributed by atoms with E-state index in [2.05, 4.69) is 4.99 Å². The number of carboxylic acid groups (broad SMARTS) is 1. The normalized spacial score (nSPS) is 17.1. The van der Waals surface area contributed by atoms with Crippen LogP contribution in [0.5, 0.6) is 0 Å². The monoisotopic (exact) mass is 349 g/mol. The SMILES string of the molecule is O=C(O)C(CSCC1CC1)N=C(c1ccc(F)cc1)C(F)(F)F. The fraction of sp³-hybridized carbons (Fsp3) is 0.467. The van der Waals surface area contributed by atoms with Gasteiger partial charge in [-0.2, -0.15) is 24.9 Å². The first kappa shape index (κ1) is 17.8. The van der Waals surface area contributed by atoms with Crippen molar-refractivity contribution >= 4 is 23.4 Å². The van der Waals surface area contributed by atoms with Gasteiger partial charge < -0.3 is 5.11 Å². The number of rotatable bonds is 7. The van der Waals surface area contributed by atoms with Gasteiger partial charge in [0.25, 0.3) is 0 Å². The molecule has 2 rings (SSSR count). The van der Waals surface area contributed by atoms with Gasteiger partial charge in [-0.05, 0) is 48.8 Å². The molecular weight excluding hydrogens is 334 g/mol. The fourth-order valence-corrected chi connectivity index (χ4v) is 3.11. The zero-order chi connectivity index (χ0) is 17.0. The Kier molecular flexibility index (Phi) is 5.67. The second kappa shape index (κ2) is 7.33. The number of nitrogens with zero attached hydrogens (tertiary/aromatic N) is 1. The van der Waals surface area contributed by atoms with E-state index < -0.39 is 29.7 Å². The number of halogens is 4. The molecule has 1 aromatic rings. The van der Waals surface area contributed by atoms with Crippen molar-refractivity contribution in [3.05, 3.63) is 35.6 Å². The highest BCUT2D eigenvalue weighted by molar-refractivity contribution is 7.99. The molecule has 1 N–H and O–H groups in total. The fourth-order valence-electron chi connectivity index (χ4n) is 1.87. The average Bonchev–Trinajstić information content (AvgIpc) is 3.26. The van der Waals surface area contributed by atoms with Crippen LogP contribution in [0.2, 0.25) is 0 Å². The Morgan fingerprint density at radius 1 is 1.30 bits per heavy atom. The smallest absolute Gasteiger partial charge is 0.433 e. The summed E-state index contributed by atoms with van der Waals surface area (Å²) in [6.45, 7) is 0. The van der Waals surface area contributed by atoms with E-state index in [4.69, 9.17) is 5.11 Å². The van der Waals surface area contributed by atoms with E-state index in [1.165, 1.54) is 11.8 Å². The molecular formula is C15H15F4NO2S. The van der Waals surface area contributed by atoms with Crippen LogP contribution in [0.25, 0.3) is 0 Å². The zero-order valence-corrected chi connectivity index (χ0v) is 12.8. The topological polar surface area (TPSA) is 49.7 Å². The summed E-state index contributed by atoms with van der Waals surface area (Å²) in [6, 6.07) is 2.17. The van der Waals surface area contributed by atoms with Gasteiger partial charge in [0.05, 0.1) is 0 Å². The molecule has 0 aliphatic heterocycles. The van der Waals surface area contributed by atoms with Crippen molar-refractivity contribution < 1.29 is 27.5 Å². The molecule has 8 heteroatoms. The van der Waals surface area contributed by atoms with Crippen molar-refractivity contribution in [2.24, 2.45) is 10.9 Å². The van der Waals surface area contributed by atoms with Crippen LogP contribution < -0.4 is 0 Å². The first-order chi connectivity index (χ1) is 10.8. The molecule has 0 amide bonds. The van der Waals surface area contributed by atoms with Crippen molar-refractivity contribution in [2.45, 2.75) is 25.1 Å². The van der Waals surface area contributed by atoms with E-state index in [0.29, 0.717) is 5.92 Å². The zero-order valence-electron chi connectivity index (χ0n) is 12.0. The molecule has 0 bridgehead atoms. The first-order valence-electron chi connectivity index (χ1n) is 6.99. The van der Waals surface area contributed by atoms with Gasteiger partial charge in [0.1, 0.15) is 11.5 Å². The molecule has 1 fully saturated rings. The second-order valence-electron chi connectivity index (χ2n) is 5.32. The number of benzene rings is 1. The van der Waals surface area contributed by atoms with Gasteiger partial charge in [0, 0.05) is 11.3 Å². The number of hydrogen-bond donors (Lipinski definition) is 1. The third-order valence-corrected chi connectivity index (χ3v) is 4.54. The Labute approximate surface area is 134 Å². The summed E-state index contributed by atoms with van der Waals surface area (Å²) < 4.78 is 52.4. The molecule has 126 valence electrons. The van der Waals surface area contributed by atoms with Gasteiger partial charge >= 0.3 is 12.1 Å². The summed E-state index contributed by atoms with van der Waals surface area (Å²) in [7, 11) is 0. The Morgan fingerprint density at radius 2 is 1.91 bits per heavy atom. The van der Waals surface area contributed by atoms with Crippen LogP contribution >= 0.6 is 11.8 Å². The lowest BCUT2D eigenvalue weighted by Gasteiger charge is -2.14. The van der Waals surface area contributed by atoms with Crippen molar-refractivity contribution in [3.63, 3.8) is 0 Å². The molecule has 0 radical (unpaired) electrons. The van der Waals surface area contributed by atoms with E-state index >= 15 is 0 Å². The van der Waals surface area contributed by atoms with Crippen LogP contribution in [0.1, 0.15) is 18.4 Å². The second-order valence-corrected chi connectivity index (χ2v) is 6.39. The predicted octanol–water partition coefficient (Wildman–Crippen LogP) is 3.77. The molecule has 23 heavy (non-hydrogen) atoms. The maximum atomic E-state index is 13.2. The molecule has 1 aromatic carbocycles. The van der Waals surface area contributed by atoms with E-state index in [0.717, 1.165) is 42.9 Å². The van der Waals surface area contributed by atoms with Gasteiger partial charge in [0.2, 0.25) is 0 Å². The average molecular weight is 349 g/mol. The number of alkyl halides is 3. The van der Waals surface area contributed by atoms with Crippen LogP contribution in [0.4, 0.5) is 17.6 Å². The van der Waals surface area contributed by atoms with Crippen molar-refractivity contribution in [2.75, 3.05) is 11.5 Å². The quantitative estimate of drug-likeness (QED) is 0.602. The van der Waals surface area contributed by atoms with Crippen molar-refractivity contribution in [1.29, 1.82) is 0 Å². The van der Waals surface area contributed by atoms with Crippen LogP contribution in [0, 0.1) is 11.7 Å². The van der Waals surface area contributed by atoms with Crippen molar-refractivity contribution in [1.82, 2.24) is 0 Å². The summed E-state index contributed by atoms with van der Waals surface area (Å²) in [6.07, 6.45) is -2.65. The van der Waals surface area contributed by atoms with Crippen LogP contribution in [0.3, 0.4) is 0 Å². The maximum absolute atomic E-state index is 13.2. The van der Waals surface area contributed by atoms with Crippen LogP contribution in [-0.4, -0.2) is 40.5 Å². The molecule has 0 aromatic heterocycles. The highest BCUT2D eigenvalue weighted by atomic mass is 32.2. The predicted molar refractivity (Wildman–Crippen MR) is 80.5 cm³/mol. The number of hydrogen-bond acceptors (Lipinski definition) is 3. The lowest BCUT2D eigenvalue weighted by atomic mass is 10.1. The highest BCUT2D eigenvalue weighted by Crippen LogP contribution is 2.33. The molecule has 0 spiro atoms. The van der Waals surface area contributed by atoms with Gasteiger partial charge in [0.15, 0.2) is 6.04 Å². The molecule has 1 aliphatic carbocycles. The standard InChI is InChI=1S/C15H15F4NO2S/c16-11-5-3-10(4-6-11)13(15(17,18)19)20-12(14(21)22)8-23-7-9-1-2-9/h3-6,9,12H,1-2,7-8H2,(H,21,22). The molecule has 0 saturated heterocycles. The summed E-state index contributed by atoms with van der Waals surface area (Å²) >= 11 is 1.30. The minimum atomic E-state index is -4.81. The summed E-state index contributed by atoms with van der Waals surface area (Å²) in [5.41, 5.74) is -1.64. The molecule has 3 nitrogen and oxygen atoms in total.